The van der Waals surface area contributed by atoms with Gasteiger partial charge in [-0.15, -0.1) is 0 Å². The van der Waals surface area contributed by atoms with Crippen LogP contribution in [0, 0.1) is 10.8 Å². The molecule has 3 rings (SSSR count). The van der Waals surface area contributed by atoms with E-state index in [2.05, 4.69) is 47.9 Å². The van der Waals surface area contributed by atoms with E-state index in [9.17, 15) is 0 Å². The molecule has 23 heavy (non-hydrogen) atoms. The molecule has 2 bridgehead atoms. The van der Waals surface area contributed by atoms with Crippen molar-refractivity contribution in [3.63, 3.8) is 0 Å². The van der Waals surface area contributed by atoms with Gasteiger partial charge >= 0.3 is 0 Å². The normalized spacial score (nSPS) is 28.9. The average molecular weight is 317 g/mol. The van der Waals surface area contributed by atoms with Crippen molar-refractivity contribution in [1.82, 2.24) is 9.97 Å². The van der Waals surface area contributed by atoms with E-state index in [-0.39, 0.29) is 0 Å². The zero-order valence-electron chi connectivity index (χ0n) is 15.0. The Labute approximate surface area is 140 Å². The first-order valence-corrected chi connectivity index (χ1v) is 8.95. The largest absolute Gasteiger partial charge is 0.393 e. The first kappa shape index (κ1) is 16.3. The second-order valence-corrected chi connectivity index (χ2v) is 8.58. The number of rotatable bonds is 5. The lowest BCUT2D eigenvalue weighted by Crippen LogP contribution is -2.35. The summed E-state index contributed by atoms with van der Waals surface area (Å²) in [6.45, 7) is 11.3. The van der Waals surface area contributed by atoms with Crippen LogP contribution in [0.5, 0.6) is 0 Å². The van der Waals surface area contributed by atoms with Gasteiger partial charge in [-0.3, -0.25) is 0 Å². The predicted octanol–water partition coefficient (Wildman–Crippen LogP) is 3.68. The van der Waals surface area contributed by atoms with Crippen molar-refractivity contribution in [2.75, 3.05) is 29.0 Å². The Bertz CT molecular complexity index is 571. The Morgan fingerprint density at radius 2 is 2.09 bits per heavy atom. The summed E-state index contributed by atoms with van der Waals surface area (Å²) >= 11 is 0. The molecule has 128 valence electrons. The van der Waals surface area contributed by atoms with E-state index in [1.807, 2.05) is 0 Å². The molecule has 1 saturated carbocycles. The molecule has 2 atom stereocenters. The molecule has 1 aromatic heterocycles. The molecule has 0 spiro atoms. The quantitative estimate of drug-likeness (QED) is 0.811. The summed E-state index contributed by atoms with van der Waals surface area (Å²) in [6, 6.07) is 0.546. The van der Waals surface area contributed by atoms with Crippen LogP contribution in [0.15, 0.2) is 6.33 Å². The maximum atomic E-state index is 6.41. The van der Waals surface area contributed by atoms with E-state index in [1.165, 1.54) is 19.3 Å². The summed E-state index contributed by atoms with van der Waals surface area (Å²) in [4.78, 5) is 11.3. The number of anilines is 3. The molecule has 0 aromatic carbocycles. The average Bonchev–Trinajstić information content (AvgIpc) is 2.70. The third-order valence-corrected chi connectivity index (χ3v) is 5.37. The molecule has 2 aliphatic rings. The van der Waals surface area contributed by atoms with Crippen LogP contribution in [0.1, 0.15) is 59.8 Å². The second-order valence-electron chi connectivity index (χ2n) is 8.58. The molecule has 2 heterocycles. The number of aromatic nitrogens is 2. The van der Waals surface area contributed by atoms with E-state index < -0.39 is 0 Å². The fraction of sp³-hybridized carbons (Fsp3) is 0.778. The molecule has 1 aromatic rings. The summed E-state index contributed by atoms with van der Waals surface area (Å²) < 4.78 is 0. The summed E-state index contributed by atoms with van der Waals surface area (Å²) in [5, 5.41) is 3.36. The first-order valence-electron chi connectivity index (χ1n) is 8.95. The molecule has 0 amide bonds. The standard InChI is InChI=1S/C18H31N5/c1-5-6-7-20-15-14(19)16(22-12-21-15)23-11-18(4)9-13(23)8-17(2,3)10-18/h12-13H,5-11,19H2,1-4H3,(H,20,21,22). The zero-order valence-corrected chi connectivity index (χ0v) is 15.0. The minimum Gasteiger partial charge on any atom is -0.393 e. The summed E-state index contributed by atoms with van der Waals surface area (Å²) in [5.74, 6) is 1.71. The van der Waals surface area contributed by atoms with Crippen LogP contribution in [0.4, 0.5) is 17.3 Å². The molecule has 5 heteroatoms. The molecular weight excluding hydrogens is 286 g/mol. The number of nitrogens with two attached hydrogens (primary N) is 1. The summed E-state index contributed by atoms with van der Waals surface area (Å²) in [5.41, 5.74) is 7.89. The first-order chi connectivity index (χ1) is 10.8. The van der Waals surface area contributed by atoms with Gasteiger partial charge in [0.05, 0.1) is 0 Å². The van der Waals surface area contributed by atoms with Gasteiger partial charge in [0.2, 0.25) is 0 Å². The summed E-state index contributed by atoms with van der Waals surface area (Å²) in [6.07, 6.45) is 7.67. The van der Waals surface area contributed by atoms with Crippen molar-refractivity contribution >= 4 is 17.3 Å². The van der Waals surface area contributed by atoms with Crippen LogP contribution >= 0.6 is 0 Å². The van der Waals surface area contributed by atoms with Crippen LogP contribution in [0.25, 0.3) is 0 Å². The zero-order chi connectivity index (χ0) is 16.7. The highest BCUT2D eigenvalue weighted by atomic mass is 15.3. The number of unbranched alkanes of at least 4 members (excludes halogenated alkanes) is 1. The topological polar surface area (TPSA) is 67.1 Å². The monoisotopic (exact) mass is 317 g/mol. The Hall–Kier alpha value is -1.52. The molecule has 5 nitrogen and oxygen atoms in total. The van der Waals surface area contributed by atoms with Gasteiger partial charge < -0.3 is 16.0 Å². The number of hydrogen-bond donors (Lipinski definition) is 2. The summed E-state index contributed by atoms with van der Waals surface area (Å²) in [7, 11) is 0. The van der Waals surface area contributed by atoms with Crippen molar-refractivity contribution in [3.05, 3.63) is 6.33 Å². The third kappa shape index (κ3) is 3.24. The smallest absolute Gasteiger partial charge is 0.157 e. The van der Waals surface area contributed by atoms with Crippen molar-refractivity contribution in [2.45, 2.75) is 65.8 Å². The van der Waals surface area contributed by atoms with E-state index >= 15 is 0 Å². The third-order valence-electron chi connectivity index (χ3n) is 5.37. The van der Waals surface area contributed by atoms with Gasteiger partial charge in [-0.05, 0) is 36.5 Å². The number of hydrogen-bond acceptors (Lipinski definition) is 5. The number of fused-ring (bicyclic) bond motifs is 2. The fourth-order valence-electron chi connectivity index (χ4n) is 4.85. The van der Waals surface area contributed by atoms with Gasteiger partial charge in [0.15, 0.2) is 11.6 Å². The minimum absolute atomic E-state index is 0.375. The molecule has 0 radical (unpaired) electrons. The lowest BCUT2D eigenvalue weighted by atomic mass is 9.65. The van der Waals surface area contributed by atoms with E-state index in [4.69, 9.17) is 5.73 Å². The minimum atomic E-state index is 0.375. The van der Waals surface area contributed by atoms with E-state index in [0.717, 1.165) is 37.6 Å². The van der Waals surface area contributed by atoms with Crippen molar-refractivity contribution in [3.8, 4) is 0 Å². The SMILES string of the molecule is CCCCNc1ncnc(N2CC3(C)CC2CC(C)(C)C3)c1N. The van der Waals surface area contributed by atoms with Crippen LogP contribution in [-0.2, 0) is 0 Å². The van der Waals surface area contributed by atoms with Crippen molar-refractivity contribution in [1.29, 1.82) is 0 Å². The van der Waals surface area contributed by atoms with Gasteiger partial charge in [-0.2, -0.15) is 0 Å². The van der Waals surface area contributed by atoms with E-state index in [0.29, 0.717) is 22.6 Å². The fourth-order valence-corrected chi connectivity index (χ4v) is 4.85. The van der Waals surface area contributed by atoms with Gasteiger partial charge in [0.25, 0.3) is 0 Å². The van der Waals surface area contributed by atoms with Gasteiger partial charge in [-0.1, -0.05) is 34.1 Å². The Kier molecular flexibility index (Phi) is 4.15. The number of nitrogens with zero attached hydrogens (tertiary/aromatic N) is 3. The van der Waals surface area contributed by atoms with Crippen LogP contribution in [-0.4, -0.2) is 29.1 Å². The van der Waals surface area contributed by atoms with Crippen LogP contribution in [0.3, 0.4) is 0 Å². The molecule has 1 aliphatic carbocycles. The maximum absolute atomic E-state index is 6.41. The van der Waals surface area contributed by atoms with Gasteiger partial charge in [-0.25, -0.2) is 9.97 Å². The molecule has 3 N–H and O–H groups in total. The van der Waals surface area contributed by atoms with Crippen molar-refractivity contribution in [2.24, 2.45) is 10.8 Å². The lowest BCUT2D eigenvalue weighted by Gasteiger charge is -2.39. The molecule has 2 fully saturated rings. The molecule has 1 aliphatic heterocycles. The van der Waals surface area contributed by atoms with Crippen LogP contribution in [0.2, 0.25) is 0 Å². The van der Waals surface area contributed by atoms with Crippen LogP contribution < -0.4 is 16.0 Å². The van der Waals surface area contributed by atoms with Gasteiger partial charge in [0.1, 0.15) is 12.0 Å². The number of nitrogen functional groups attached to an aromatic ring is 1. The van der Waals surface area contributed by atoms with Crippen molar-refractivity contribution < 1.29 is 0 Å². The van der Waals surface area contributed by atoms with Gasteiger partial charge in [0, 0.05) is 19.1 Å². The Morgan fingerprint density at radius 3 is 2.83 bits per heavy atom. The highest BCUT2D eigenvalue weighted by molar-refractivity contribution is 5.75. The Balaban J connectivity index is 1.84. The maximum Gasteiger partial charge on any atom is 0.157 e. The molecule has 1 saturated heterocycles. The lowest BCUT2D eigenvalue weighted by molar-refractivity contribution is 0.136. The Morgan fingerprint density at radius 1 is 1.30 bits per heavy atom. The predicted molar refractivity (Wildman–Crippen MR) is 96.7 cm³/mol. The molecule has 2 unspecified atom stereocenters. The highest BCUT2D eigenvalue weighted by Gasteiger charge is 2.50. The molecular formula is C18H31N5. The highest BCUT2D eigenvalue weighted by Crippen LogP contribution is 2.53. The van der Waals surface area contributed by atoms with E-state index in [1.54, 1.807) is 6.33 Å². The number of nitrogens with one attached hydrogen (secondary N) is 1. The second kappa shape index (κ2) is 5.84.